The van der Waals surface area contributed by atoms with Crippen molar-refractivity contribution in [1.82, 2.24) is 9.55 Å². The number of aliphatic hydroxyl groups excluding tert-OH is 1. The number of aromatic nitrogens is 2. The third-order valence-electron chi connectivity index (χ3n) is 3.84. The van der Waals surface area contributed by atoms with Gasteiger partial charge < -0.3 is 9.67 Å². The van der Waals surface area contributed by atoms with Crippen LogP contribution in [-0.4, -0.2) is 21.3 Å². The van der Waals surface area contributed by atoms with Gasteiger partial charge >= 0.3 is 0 Å². The zero-order valence-electron chi connectivity index (χ0n) is 10.7. The van der Waals surface area contributed by atoms with Gasteiger partial charge in [0.25, 0.3) is 0 Å². The lowest BCUT2D eigenvalue weighted by molar-refractivity contribution is 0.200. The maximum atomic E-state index is 9.25. The second-order valence-electron chi connectivity index (χ2n) is 5.13. The van der Waals surface area contributed by atoms with Crippen LogP contribution in [0.3, 0.4) is 0 Å². The van der Waals surface area contributed by atoms with E-state index < -0.39 is 0 Å². The Kier molecular flexibility index (Phi) is 3.58. The van der Waals surface area contributed by atoms with Crippen LogP contribution in [0.25, 0.3) is 0 Å². The van der Waals surface area contributed by atoms with Crippen molar-refractivity contribution in [1.29, 1.82) is 0 Å². The lowest BCUT2D eigenvalue weighted by Crippen LogP contribution is -2.22. The lowest BCUT2D eigenvalue weighted by Gasteiger charge is -2.23. The van der Waals surface area contributed by atoms with Crippen molar-refractivity contribution in [3.05, 3.63) is 52.6 Å². The van der Waals surface area contributed by atoms with Crippen molar-refractivity contribution < 1.29 is 5.11 Å². The molecule has 0 aliphatic carbocycles. The predicted molar refractivity (Wildman–Crippen MR) is 75.4 cm³/mol. The first-order chi connectivity index (χ1) is 9.28. The molecule has 3 rings (SSSR count). The third kappa shape index (κ3) is 2.53. The van der Waals surface area contributed by atoms with Gasteiger partial charge in [0.05, 0.1) is 0 Å². The quantitative estimate of drug-likeness (QED) is 0.936. The van der Waals surface area contributed by atoms with E-state index in [9.17, 15) is 5.11 Å². The Morgan fingerprint density at radius 2 is 2.21 bits per heavy atom. The molecule has 3 nitrogen and oxygen atoms in total. The number of fused-ring (bicyclic) bond motifs is 1. The van der Waals surface area contributed by atoms with Gasteiger partial charge in [0.15, 0.2) is 0 Å². The van der Waals surface area contributed by atoms with Gasteiger partial charge in [0.1, 0.15) is 5.82 Å². The van der Waals surface area contributed by atoms with Crippen LogP contribution in [0, 0.1) is 5.92 Å². The highest BCUT2D eigenvalue weighted by Crippen LogP contribution is 2.24. The molecular weight excluding hydrogens is 260 g/mol. The summed E-state index contributed by atoms with van der Waals surface area (Å²) in [7, 11) is 0. The molecule has 0 radical (unpaired) electrons. The summed E-state index contributed by atoms with van der Waals surface area (Å²) in [5.41, 5.74) is 2.34. The minimum Gasteiger partial charge on any atom is -0.396 e. The summed E-state index contributed by atoms with van der Waals surface area (Å²) in [6.45, 7) is 1.21. The molecule has 1 unspecified atom stereocenters. The van der Waals surface area contributed by atoms with Crippen LogP contribution in [0.2, 0.25) is 5.02 Å². The van der Waals surface area contributed by atoms with Gasteiger partial charge in [0.2, 0.25) is 0 Å². The van der Waals surface area contributed by atoms with E-state index >= 15 is 0 Å². The van der Waals surface area contributed by atoms with Gasteiger partial charge in [-0.2, -0.15) is 0 Å². The van der Waals surface area contributed by atoms with Crippen molar-refractivity contribution in [3.63, 3.8) is 0 Å². The number of hydrogen-bond donors (Lipinski definition) is 1. The maximum absolute atomic E-state index is 9.25. The Bertz CT molecular complexity index is 579. The second-order valence-corrected chi connectivity index (χ2v) is 5.53. The molecule has 0 spiro atoms. The normalized spacial score (nSPS) is 18.3. The molecule has 19 heavy (non-hydrogen) atoms. The summed E-state index contributed by atoms with van der Waals surface area (Å²) < 4.78 is 2.27. The molecule has 0 saturated heterocycles. The monoisotopic (exact) mass is 276 g/mol. The fourth-order valence-electron chi connectivity index (χ4n) is 2.71. The third-order valence-corrected chi connectivity index (χ3v) is 4.21. The molecule has 0 amide bonds. The molecule has 2 aromatic rings. The molecule has 1 atom stereocenters. The summed E-state index contributed by atoms with van der Waals surface area (Å²) in [5, 5.41) is 10.0. The molecule has 1 aromatic carbocycles. The Labute approximate surface area is 117 Å². The Hall–Kier alpha value is -1.32. The molecular formula is C15H17ClN2O. The molecule has 100 valence electrons. The number of hydrogen-bond acceptors (Lipinski definition) is 2. The summed E-state index contributed by atoms with van der Waals surface area (Å²) in [4.78, 5) is 4.53. The average Bonchev–Trinajstić information content (AvgIpc) is 2.83. The van der Waals surface area contributed by atoms with Crippen molar-refractivity contribution in [2.75, 3.05) is 6.61 Å². The van der Waals surface area contributed by atoms with E-state index in [0.29, 0.717) is 5.92 Å². The number of halogens is 1. The van der Waals surface area contributed by atoms with Crippen LogP contribution in [0.5, 0.6) is 0 Å². The van der Waals surface area contributed by atoms with Crippen LogP contribution < -0.4 is 0 Å². The summed E-state index contributed by atoms with van der Waals surface area (Å²) in [6.07, 6.45) is 4.65. The summed E-state index contributed by atoms with van der Waals surface area (Å²) in [5.74, 6) is 1.46. The molecule has 0 fully saturated rings. The number of benzene rings is 1. The van der Waals surface area contributed by atoms with E-state index in [2.05, 4.69) is 9.55 Å². The number of imidazole rings is 1. The second kappa shape index (κ2) is 5.35. The average molecular weight is 277 g/mol. The van der Waals surface area contributed by atoms with Gasteiger partial charge in [-0.3, -0.25) is 0 Å². The number of rotatable bonds is 3. The van der Waals surface area contributed by atoms with E-state index in [1.807, 2.05) is 30.5 Å². The largest absolute Gasteiger partial charge is 0.396 e. The highest BCUT2D eigenvalue weighted by molar-refractivity contribution is 6.31. The SMILES string of the molecule is OCC1CCn2c(cnc2Cc2ccccc2Cl)C1. The van der Waals surface area contributed by atoms with E-state index in [1.54, 1.807) is 0 Å². The van der Waals surface area contributed by atoms with Gasteiger partial charge in [-0.25, -0.2) is 4.98 Å². The van der Waals surface area contributed by atoms with E-state index in [-0.39, 0.29) is 6.61 Å². The smallest absolute Gasteiger partial charge is 0.113 e. The van der Waals surface area contributed by atoms with Crippen LogP contribution in [0.1, 0.15) is 23.5 Å². The van der Waals surface area contributed by atoms with Crippen molar-refractivity contribution in [2.45, 2.75) is 25.8 Å². The first kappa shape index (κ1) is 12.7. The molecule has 0 bridgehead atoms. The predicted octanol–water partition coefficient (Wildman–Crippen LogP) is 2.68. The summed E-state index contributed by atoms with van der Waals surface area (Å²) >= 11 is 6.20. The van der Waals surface area contributed by atoms with E-state index in [1.165, 1.54) is 5.69 Å². The minimum absolute atomic E-state index is 0.269. The number of nitrogens with zero attached hydrogens (tertiary/aromatic N) is 2. The fraction of sp³-hybridized carbons (Fsp3) is 0.400. The lowest BCUT2D eigenvalue weighted by atomic mass is 9.97. The van der Waals surface area contributed by atoms with Crippen LogP contribution in [0.4, 0.5) is 0 Å². The van der Waals surface area contributed by atoms with Gasteiger partial charge in [-0.15, -0.1) is 0 Å². The molecule has 0 saturated carbocycles. The van der Waals surface area contributed by atoms with Gasteiger partial charge in [-0.05, 0) is 30.4 Å². The first-order valence-electron chi connectivity index (χ1n) is 6.65. The summed E-state index contributed by atoms with van der Waals surface area (Å²) in [6, 6.07) is 7.91. The minimum atomic E-state index is 0.269. The van der Waals surface area contributed by atoms with Gasteiger partial charge in [0, 0.05) is 36.5 Å². The Morgan fingerprint density at radius 1 is 1.37 bits per heavy atom. The van der Waals surface area contributed by atoms with E-state index in [0.717, 1.165) is 42.2 Å². The highest BCUT2D eigenvalue weighted by atomic mass is 35.5. The van der Waals surface area contributed by atoms with Crippen molar-refractivity contribution >= 4 is 11.6 Å². The fourth-order valence-corrected chi connectivity index (χ4v) is 2.91. The highest BCUT2D eigenvalue weighted by Gasteiger charge is 2.21. The van der Waals surface area contributed by atoms with Crippen molar-refractivity contribution in [3.8, 4) is 0 Å². The van der Waals surface area contributed by atoms with Crippen LogP contribution in [-0.2, 0) is 19.4 Å². The molecule has 1 aliphatic rings. The topological polar surface area (TPSA) is 38.0 Å². The molecule has 1 aliphatic heterocycles. The van der Waals surface area contributed by atoms with Crippen molar-refractivity contribution in [2.24, 2.45) is 5.92 Å². The molecule has 1 N–H and O–H groups in total. The van der Waals surface area contributed by atoms with Crippen LogP contribution in [0.15, 0.2) is 30.5 Å². The number of aliphatic hydroxyl groups is 1. The van der Waals surface area contributed by atoms with Crippen LogP contribution >= 0.6 is 11.6 Å². The van der Waals surface area contributed by atoms with Gasteiger partial charge in [-0.1, -0.05) is 29.8 Å². The molecule has 1 aromatic heterocycles. The standard InChI is InChI=1S/C15H17ClN2O/c16-14-4-2-1-3-12(14)8-15-17-9-13-7-11(10-19)5-6-18(13)15/h1-4,9,11,19H,5-8,10H2. The van der Waals surface area contributed by atoms with E-state index in [4.69, 9.17) is 11.6 Å². The molecule has 2 heterocycles. The Balaban J connectivity index is 1.84. The first-order valence-corrected chi connectivity index (χ1v) is 7.03. The Morgan fingerprint density at radius 3 is 3.00 bits per heavy atom. The zero-order valence-corrected chi connectivity index (χ0v) is 11.5. The zero-order chi connectivity index (χ0) is 13.2. The maximum Gasteiger partial charge on any atom is 0.113 e. The molecule has 4 heteroatoms.